The van der Waals surface area contributed by atoms with Gasteiger partial charge in [0.05, 0.1) is 0 Å². The van der Waals surface area contributed by atoms with E-state index in [0.717, 1.165) is 22.3 Å². The van der Waals surface area contributed by atoms with Gasteiger partial charge in [-0.1, -0.05) is 48.5 Å². The van der Waals surface area contributed by atoms with Crippen molar-refractivity contribution in [3.63, 3.8) is 0 Å². The second kappa shape index (κ2) is 7.79. The number of hydrogen-bond acceptors (Lipinski definition) is 6. The molecule has 1 aliphatic rings. The van der Waals surface area contributed by atoms with E-state index < -0.39 is 18.0 Å². The Kier molecular flexibility index (Phi) is 5.28. The van der Waals surface area contributed by atoms with E-state index in [9.17, 15) is 9.59 Å². The molecule has 3 N–H and O–H groups in total. The van der Waals surface area contributed by atoms with Gasteiger partial charge in [-0.25, -0.2) is 10.3 Å². The first-order valence-corrected chi connectivity index (χ1v) is 8.13. The molecule has 0 spiro atoms. The molecule has 0 radical (unpaired) electrons. The number of hydroxylamine groups is 1. The fourth-order valence-corrected chi connectivity index (χ4v) is 3.05. The summed E-state index contributed by atoms with van der Waals surface area (Å²) in [6, 6.07) is 15.9. The van der Waals surface area contributed by atoms with Gasteiger partial charge in [0, 0.05) is 18.8 Å². The summed E-state index contributed by atoms with van der Waals surface area (Å²) in [5.41, 5.74) is 5.84. The van der Waals surface area contributed by atoms with Crippen molar-refractivity contribution in [2.24, 2.45) is 0 Å². The van der Waals surface area contributed by atoms with Crippen molar-refractivity contribution in [2.45, 2.75) is 18.8 Å². The Labute approximate surface area is 150 Å². The van der Waals surface area contributed by atoms with Crippen LogP contribution in [0.2, 0.25) is 0 Å². The minimum Gasteiger partial charge on any atom is -0.433 e. The lowest BCUT2D eigenvalue weighted by Gasteiger charge is -2.14. The van der Waals surface area contributed by atoms with Gasteiger partial charge >= 0.3 is 6.16 Å². The zero-order valence-corrected chi connectivity index (χ0v) is 13.9. The highest BCUT2D eigenvalue weighted by Crippen LogP contribution is 2.44. The van der Waals surface area contributed by atoms with Crippen LogP contribution in [0.1, 0.15) is 29.9 Å². The van der Waals surface area contributed by atoms with E-state index in [2.05, 4.69) is 0 Å². The number of benzene rings is 2. The van der Waals surface area contributed by atoms with E-state index in [0.29, 0.717) is 0 Å². The maximum Gasteiger partial charge on any atom is 0.514 e. The highest BCUT2D eigenvalue weighted by Gasteiger charge is 2.29. The van der Waals surface area contributed by atoms with Gasteiger partial charge in [-0.3, -0.25) is 15.4 Å². The summed E-state index contributed by atoms with van der Waals surface area (Å²) >= 11 is 0. The summed E-state index contributed by atoms with van der Waals surface area (Å²) in [7, 11) is 0. The second-order valence-corrected chi connectivity index (χ2v) is 5.85. The van der Waals surface area contributed by atoms with Gasteiger partial charge in [-0.2, -0.15) is 0 Å². The van der Waals surface area contributed by atoms with Crippen molar-refractivity contribution in [2.75, 3.05) is 6.61 Å². The van der Waals surface area contributed by atoms with Gasteiger partial charge in [0.1, 0.15) is 6.61 Å². The summed E-state index contributed by atoms with van der Waals surface area (Å²) < 4.78 is 9.93. The van der Waals surface area contributed by atoms with Crippen LogP contribution in [0.25, 0.3) is 11.1 Å². The van der Waals surface area contributed by atoms with Crippen molar-refractivity contribution in [3.05, 3.63) is 59.7 Å². The third-order valence-corrected chi connectivity index (χ3v) is 4.24. The fraction of sp³-hybridized carbons (Fsp3) is 0.211. The van der Waals surface area contributed by atoms with Crippen LogP contribution in [-0.2, 0) is 14.3 Å². The van der Waals surface area contributed by atoms with E-state index in [-0.39, 0.29) is 25.4 Å². The highest BCUT2D eigenvalue weighted by atomic mass is 16.7. The zero-order valence-electron chi connectivity index (χ0n) is 13.9. The molecule has 0 fully saturated rings. The standard InChI is InChI=1S/C19H18N2O5/c20-17(9-10-18(22)21-24)26-19(23)25-11-16-14-7-3-1-5-12(14)13-6-2-4-8-15(13)16/h1-8,16,20,24H,9-11H2,(H,21,22). The molecule has 2 aromatic carbocycles. The molecule has 0 bridgehead atoms. The van der Waals surface area contributed by atoms with Gasteiger partial charge in [0.2, 0.25) is 5.91 Å². The Hall–Kier alpha value is -3.19. The Morgan fingerprint density at radius 1 is 1.00 bits per heavy atom. The molecule has 7 nitrogen and oxygen atoms in total. The maximum atomic E-state index is 11.8. The minimum absolute atomic E-state index is 0.0932. The minimum atomic E-state index is -0.985. The summed E-state index contributed by atoms with van der Waals surface area (Å²) in [6.45, 7) is 0.0945. The first kappa shape index (κ1) is 17.6. The number of ether oxygens (including phenoxy) is 2. The van der Waals surface area contributed by atoms with Crippen molar-refractivity contribution < 1.29 is 24.3 Å². The van der Waals surface area contributed by atoms with E-state index in [1.54, 1.807) is 0 Å². The molecule has 3 rings (SSSR count). The zero-order chi connectivity index (χ0) is 18.5. The normalized spacial score (nSPS) is 12.0. The number of hydrogen-bond donors (Lipinski definition) is 3. The number of fused-ring (bicyclic) bond motifs is 3. The molecule has 26 heavy (non-hydrogen) atoms. The SMILES string of the molecule is N=C(CCC(=O)NO)OC(=O)OCC1c2ccccc2-c2ccccc21. The third kappa shape index (κ3) is 3.73. The van der Waals surface area contributed by atoms with Crippen LogP contribution in [0, 0.1) is 5.41 Å². The molecule has 1 aliphatic carbocycles. The smallest absolute Gasteiger partial charge is 0.433 e. The number of carbonyl (C=O) groups is 2. The third-order valence-electron chi connectivity index (χ3n) is 4.24. The lowest BCUT2D eigenvalue weighted by molar-refractivity contribution is -0.129. The summed E-state index contributed by atoms with van der Waals surface area (Å²) in [6.07, 6.45) is -1.26. The molecular weight excluding hydrogens is 336 g/mol. The molecule has 0 heterocycles. The highest BCUT2D eigenvalue weighted by molar-refractivity contribution is 5.87. The van der Waals surface area contributed by atoms with Crippen LogP contribution < -0.4 is 5.48 Å². The molecule has 7 heteroatoms. The van der Waals surface area contributed by atoms with Crippen LogP contribution in [0.15, 0.2) is 48.5 Å². The van der Waals surface area contributed by atoms with Crippen molar-refractivity contribution in [1.82, 2.24) is 5.48 Å². The summed E-state index contributed by atoms with van der Waals surface area (Å²) in [5.74, 6) is -1.15. The first-order chi connectivity index (χ1) is 12.6. The molecule has 0 atom stereocenters. The molecule has 2 aromatic rings. The second-order valence-electron chi connectivity index (χ2n) is 5.85. The maximum absolute atomic E-state index is 11.8. The number of amides is 1. The average molecular weight is 354 g/mol. The monoisotopic (exact) mass is 354 g/mol. The Morgan fingerprint density at radius 2 is 1.58 bits per heavy atom. The largest absolute Gasteiger partial charge is 0.514 e. The Bertz CT molecular complexity index is 804. The molecule has 1 amide bonds. The van der Waals surface area contributed by atoms with Gasteiger partial charge < -0.3 is 9.47 Å². The predicted octanol–water partition coefficient (Wildman–Crippen LogP) is 3.21. The van der Waals surface area contributed by atoms with Crippen molar-refractivity contribution in [3.8, 4) is 11.1 Å². The van der Waals surface area contributed by atoms with Crippen molar-refractivity contribution >= 4 is 18.0 Å². The number of carbonyl (C=O) groups excluding carboxylic acids is 2. The molecule has 0 saturated heterocycles. The van der Waals surface area contributed by atoms with Crippen molar-refractivity contribution in [1.29, 1.82) is 5.41 Å². The van der Waals surface area contributed by atoms with Gasteiger partial charge in [0.15, 0.2) is 5.90 Å². The Morgan fingerprint density at radius 3 is 2.15 bits per heavy atom. The lowest BCUT2D eigenvalue weighted by Crippen LogP contribution is -2.21. The molecular formula is C19H18N2O5. The Balaban J connectivity index is 1.60. The molecule has 0 saturated carbocycles. The number of rotatable bonds is 5. The molecule has 134 valence electrons. The van der Waals surface area contributed by atoms with E-state index in [1.807, 2.05) is 48.5 Å². The van der Waals surface area contributed by atoms with E-state index in [1.165, 1.54) is 5.48 Å². The average Bonchev–Trinajstić information content (AvgIpc) is 2.98. The number of nitrogens with one attached hydrogen (secondary N) is 2. The van der Waals surface area contributed by atoms with E-state index in [4.69, 9.17) is 20.1 Å². The molecule has 0 unspecified atom stereocenters. The summed E-state index contributed by atoms with van der Waals surface area (Å²) in [5, 5.41) is 15.9. The van der Waals surface area contributed by atoms with Gasteiger partial charge in [0.25, 0.3) is 0 Å². The fourth-order valence-electron chi connectivity index (χ4n) is 3.05. The van der Waals surface area contributed by atoms with Crippen LogP contribution in [-0.4, -0.2) is 29.8 Å². The predicted molar refractivity (Wildman–Crippen MR) is 93.0 cm³/mol. The van der Waals surface area contributed by atoms with Crippen LogP contribution in [0.5, 0.6) is 0 Å². The molecule has 0 aliphatic heterocycles. The van der Waals surface area contributed by atoms with Gasteiger partial charge in [-0.05, 0) is 22.3 Å². The quantitative estimate of drug-likeness (QED) is 0.251. The van der Waals surface area contributed by atoms with Crippen LogP contribution in [0.4, 0.5) is 4.79 Å². The van der Waals surface area contributed by atoms with Crippen LogP contribution in [0.3, 0.4) is 0 Å². The first-order valence-electron chi connectivity index (χ1n) is 8.13. The summed E-state index contributed by atoms with van der Waals surface area (Å²) in [4.78, 5) is 22.7. The van der Waals surface area contributed by atoms with Crippen LogP contribution >= 0.6 is 0 Å². The van der Waals surface area contributed by atoms with Gasteiger partial charge in [-0.15, -0.1) is 0 Å². The topological polar surface area (TPSA) is 109 Å². The lowest BCUT2D eigenvalue weighted by atomic mass is 9.98. The molecule has 0 aromatic heterocycles. The van der Waals surface area contributed by atoms with E-state index >= 15 is 0 Å².